The lowest BCUT2D eigenvalue weighted by atomic mass is 10.0. The lowest BCUT2D eigenvalue weighted by Crippen LogP contribution is -2.23. The summed E-state index contributed by atoms with van der Waals surface area (Å²) in [7, 11) is 0. The summed E-state index contributed by atoms with van der Waals surface area (Å²) in [5, 5.41) is 21.0. The van der Waals surface area contributed by atoms with Crippen LogP contribution in [-0.4, -0.2) is 37.0 Å². The van der Waals surface area contributed by atoms with E-state index in [1.165, 1.54) is 23.9 Å². The van der Waals surface area contributed by atoms with E-state index >= 15 is 0 Å². The first-order valence-electron chi connectivity index (χ1n) is 12.1. The van der Waals surface area contributed by atoms with E-state index in [-0.39, 0.29) is 17.6 Å². The van der Waals surface area contributed by atoms with Crippen molar-refractivity contribution in [1.82, 2.24) is 14.8 Å². The molecular formula is C27H34N4O4S. The van der Waals surface area contributed by atoms with Crippen LogP contribution in [0.3, 0.4) is 0 Å². The number of aromatic nitrogens is 3. The molecule has 3 aromatic rings. The minimum Gasteiger partial charge on any atom is -0.482 e. The smallest absolute Gasteiger partial charge is 0.335 e. The minimum absolute atomic E-state index is 0.113. The molecule has 0 spiro atoms. The topological polar surface area (TPSA) is 106 Å². The molecule has 1 aromatic heterocycles. The Hall–Kier alpha value is -3.33. The molecule has 1 heterocycles. The molecular weight excluding hydrogens is 476 g/mol. The maximum Gasteiger partial charge on any atom is 0.335 e. The highest BCUT2D eigenvalue weighted by atomic mass is 32.2. The third kappa shape index (κ3) is 6.87. The number of benzene rings is 2. The molecule has 0 aliphatic heterocycles. The van der Waals surface area contributed by atoms with E-state index in [0.29, 0.717) is 35.0 Å². The number of amides is 1. The maximum absolute atomic E-state index is 12.9. The van der Waals surface area contributed by atoms with E-state index in [9.17, 15) is 14.7 Å². The van der Waals surface area contributed by atoms with Crippen molar-refractivity contribution >= 4 is 29.3 Å². The van der Waals surface area contributed by atoms with Gasteiger partial charge in [0.2, 0.25) is 5.91 Å². The summed E-state index contributed by atoms with van der Waals surface area (Å²) >= 11 is 1.31. The largest absolute Gasteiger partial charge is 0.482 e. The van der Waals surface area contributed by atoms with E-state index < -0.39 is 11.2 Å². The van der Waals surface area contributed by atoms with Crippen LogP contribution in [0.15, 0.2) is 53.7 Å². The molecule has 0 fully saturated rings. The Labute approximate surface area is 216 Å². The number of carboxylic acid groups (broad SMARTS) is 1. The Morgan fingerprint density at radius 1 is 1.03 bits per heavy atom. The molecule has 192 valence electrons. The van der Waals surface area contributed by atoms with Crippen molar-refractivity contribution in [1.29, 1.82) is 0 Å². The summed E-state index contributed by atoms with van der Waals surface area (Å²) in [5.41, 5.74) is 1.68. The number of anilines is 1. The molecule has 2 aromatic carbocycles. The number of nitrogens with zero attached hydrogens (tertiary/aromatic N) is 3. The number of thioether (sulfide) groups is 1. The predicted molar refractivity (Wildman–Crippen MR) is 142 cm³/mol. The number of ether oxygens (including phenoxy) is 1. The predicted octanol–water partition coefficient (Wildman–Crippen LogP) is 6.02. The number of hydrogen-bond donors (Lipinski definition) is 2. The molecule has 0 bridgehead atoms. The van der Waals surface area contributed by atoms with Crippen molar-refractivity contribution < 1.29 is 19.4 Å². The van der Waals surface area contributed by atoms with Gasteiger partial charge in [-0.05, 0) is 55.5 Å². The van der Waals surface area contributed by atoms with Crippen LogP contribution in [0.2, 0.25) is 0 Å². The Bertz CT molecular complexity index is 1210. The lowest BCUT2D eigenvalue weighted by Gasteiger charge is -2.21. The van der Waals surface area contributed by atoms with Gasteiger partial charge in [-0.3, -0.25) is 4.79 Å². The second-order valence-electron chi connectivity index (χ2n) is 9.43. The Kier molecular flexibility index (Phi) is 9.14. The SMILES string of the molecule is CC(C)Cn1c(SC(C)C(=O)Nc2cccc(C(=O)O)c2)nnc1C(C)Oc1ccccc1C(C)C. The number of carbonyl (C=O) groups excluding carboxylic acids is 1. The molecule has 3 rings (SSSR count). The van der Waals surface area contributed by atoms with Crippen molar-refractivity contribution in [3.63, 3.8) is 0 Å². The lowest BCUT2D eigenvalue weighted by molar-refractivity contribution is -0.115. The maximum atomic E-state index is 12.9. The average Bonchev–Trinajstić information content (AvgIpc) is 3.20. The molecule has 0 saturated carbocycles. The second kappa shape index (κ2) is 12.1. The Balaban J connectivity index is 1.78. The van der Waals surface area contributed by atoms with Crippen molar-refractivity contribution in [3.8, 4) is 5.75 Å². The highest BCUT2D eigenvalue weighted by Crippen LogP contribution is 2.32. The van der Waals surface area contributed by atoms with Gasteiger partial charge in [0.25, 0.3) is 0 Å². The highest BCUT2D eigenvalue weighted by molar-refractivity contribution is 8.00. The number of nitrogens with one attached hydrogen (secondary N) is 1. The number of rotatable bonds is 11. The Morgan fingerprint density at radius 2 is 1.75 bits per heavy atom. The first-order valence-corrected chi connectivity index (χ1v) is 12.9. The number of para-hydroxylation sites is 1. The molecule has 0 saturated heterocycles. The summed E-state index contributed by atoms with van der Waals surface area (Å²) in [5.74, 6) is 0.880. The summed E-state index contributed by atoms with van der Waals surface area (Å²) in [6.07, 6.45) is -0.339. The molecule has 0 radical (unpaired) electrons. The molecule has 2 unspecified atom stereocenters. The fourth-order valence-electron chi connectivity index (χ4n) is 3.72. The number of carboxylic acids is 1. The quantitative estimate of drug-likeness (QED) is 0.304. The van der Waals surface area contributed by atoms with E-state index in [4.69, 9.17) is 4.74 Å². The van der Waals surface area contributed by atoms with Crippen LogP contribution in [0.1, 0.15) is 75.3 Å². The van der Waals surface area contributed by atoms with Gasteiger partial charge in [0.15, 0.2) is 17.1 Å². The van der Waals surface area contributed by atoms with Crippen molar-refractivity contribution in [2.24, 2.45) is 5.92 Å². The van der Waals surface area contributed by atoms with Gasteiger partial charge in [-0.25, -0.2) is 4.79 Å². The minimum atomic E-state index is -1.05. The number of hydrogen-bond acceptors (Lipinski definition) is 6. The van der Waals surface area contributed by atoms with Gasteiger partial charge in [0.05, 0.1) is 10.8 Å². The van der Waals surface area contributed by atoms with Gasteiger partial charge in [-0.2, -0.15) is 0 Å². The second-order valence-corrected chi connectivity index (χ2v) is 10.7. The van der Waals surface area contributed by atoms with Crippen LogP contribution < -0.4 is 10.1 Å². The van der Waals surface area contributed by atoms with E-state index in [1.807, 2.05) is 29.7 Å². The van der Waals surface area contributed by atoms with Gasteiger partial charge in [-0.15, -0.1) is 10.2 Å². The fraction of sp³-hybridized carbons (Fsp3) is 0.407. The number of aromatic carboxylic acids is 1. The average molecular weight is 511 g/mol. The zero-order chi connectivity index (χ0) is 26.4. The third-order valence-electron chi connectivity index (χ3n) is 5.53. The number of carbonyl (C=O) groups is 2. The highest BCUT2D eigenvalue weighted by Gasteiger charge is 2.25. The van der Waals surface area contributed by atoms with Gasteiger partial charge in [0, 0.05) is 12.2 Å². The molecule has 1 amide bonds. The third-order valence-corrected chi connectivity index (χ3v) is 6.61. The molecule has 8 nitrogen and oxygen atoms in total. The van der Waals surface area contributed by atoms with Crippen LogP contribution in [-0.2, 0) is 11.3 Å². The van der Waals surface area contributed by atoms with Crippen molar-refractivity contribution in [2.45, 2.75) is 70.5 Å². The van der Waals surface area contributed by atoms with Crippen LogP contribution in [0.4, 0.5) is 5.69 Å². The summed E-state index contributed by atoms with van der Waals surface area (Å²) in [6, 6.07) is 14.2. The van der Waals surface area contributed by atoms with Gasteiger partial charge in [0.1, 0.15) is 5.75 Å². The van der Waals surface area contributed by atoms with E-state index in [2.05, 4.69) is 49.3 Å². The van der Waals surface area contributed by atoms with Crippen LogP contribution in [0.25, 0.3) is 0 Å². The first kappa shape index (κ1) is 27.3. The van der Waals surface area contributed by atoms with E-state index in [0.717, 1.165) is 11.3 Å². The van der Waals surface area contributed by atoms with Crippen LogP contribution in [0, 0.1) is 5.92 Å². The Morgan fingerprint density at radius 3 is 2.42 bits per heavy atom. The standard InChI is InChI=1S/C27H34N4O4S/c1-16(2)15-31-24(18(5)35-23-13-8-7-12-22(23)17(3)4)29-30-27(31)36-19(6)25(32)28-21-11-9-10-20(14-21)26(33)34/h7-14,16-19H,15H2,1-6H3,(H,28,32)(H,33,34). The molecule has 2 atom stereocenters. The summed E-state index contributed by atoms with van der Waals surface area (Å²) in [6.45, 7) is 12.9. The van der Waals surface area contributed by atoms with E-state index in [1.54, 1.807) is 19.1 Å². The van der Waals surface area contributed by atoms with Gasteiger partial charge < -0.3 is 19.7 Å². The van der Waals surface area contributed by atoms with Gasteiger partial charge >= 0.3 is 5.97 Å². The van der Waals surface area contributed by atoms with Crippen molar-refractivity contribution in [3.05, 3.63) is 65.5 Å². The normalized spacial score (nSPS) is 13.0. The van der Waals surface area contributed by atoms with Crippen LogP contribution in [0.5, 0.6) is 5.75 Å². The molecule has 2 N–H and O–H groups in total. The first-order chi connectivity index (χ1) is 17.1. The molecule has 0 aliphatic rings. The summed E-state index contributed by atoms with van der Waals surface area (Å²) in [4.78, 5) is 24.1. The zero-order valence-electron chi connectivity index (χ0n) is 21.6. The molecule has 36 heavy (non-hydrogen) atoms. The zero-order valence-corrected chi connectivity index (χ0v) is 22.4. The van der Waals surface area contributed by atoms with Crippen LogP contribution >= 0.6 is 11.8 Å². The van der Waals surface area contributed by atoms with Gasteiger partial charge in [-0.1, -0.05) is 63.7 Å². The summed E-state index contributed by atoms with van der Waals surface area (Å²) < 4.78 is 8.35. The van der Waals surface area contributed by atoms with Crippen molar-refractivity contribution in [2.75, 3.05) is 5.32 Å². The molecule has 9 heteroatoms. The molecule has 0 aliphatic carbocycles. The monoisotopic (exact) mass is 510 g/mol. The fourth-order valence-corrected chi connectivity index (χ4v) is 4.58.